The van der Waals surface area contributed by atoms with Crippen LogP contribution in [0.2, 0.25) is 0 Å². The van der Waals surface area contributed by atoms with Gasteiger partial charge < -0.3 is 14.8 Å². The molecule has 3 rings (SSSR count). The second-order valence-electron chi connectivity index (χ2n) is 5.76. The normalized spacial score (nSPS) is 10.4. The molecule has 3 aromatic carbocycles. The number of rotatable bonds is 7. The van der Waals surface area contributed by atoms with Crippen LogP contribution in [0.5, 0.6) is 11.5 Å². The van der Waals surface area contributed by atoms with Crippen molar-refractivity contribution in [2.45, 2.75) is 13.2 Å². The highest BCUT2D eigenvalue weighted by Crippen LogP contribution is 2.29. The van der Waals surface area contributed by atoms with Gasteiger partial charge in [-0.2, -0.15) is 0 Å². The van der Waals surface area contributed by atoms with Crippen LogP contribution >= 0.6 is 0 Å². The molecular formula is C21H19F2NO2. The molecule has 0 fully saturated rings. The summed E-state index contributed by atoms with van der Waals surface area (Å²) in [6, 6.07) is 18.1. The lowest BCUT2D eigenvalue weighted by atomic mass is 10.2. The molecule has 0 aromatic heterocycles. The summed E-state index contributed by atoms with van der Waals surface area (Å²) >= 11 is 0. The molecule has 0 unspecified atom stereocenters. The zero-order valence-electron chi connectivity index (χ0n) is 14.3. The van der Waals surface area contributed by atoms with Crippen molar-refractivity contribution in [2.24, 2.45) is 0 Å². The maximum absolute atomic E-state index is 13.2. The van der Waals surface area contributed by atoms with E-state index in [1.165, 1.54) is 24.3 Å². The van der Waals surface area contributed by atoms with E-state index in [2.05, 4.69) is 5.32 Å². The van der Waals surface area contributed by atoms with Gasteiger partial charge in [0.15, 0.2) is 11.5 Å². The predicted octanol–water partition coefficient (Wildman–Crippen LogP) is 5.16. The van der Waals surface area contributed by atoms with Crippen molar-refractivity contribution in [1.82, 2.24) is 0 Å². The Kier molecular flexibility index (Phi) is 5.69. The molecule has 0 heterocycles. The Bertz CT molecular complexity index is 866. The third kappa shape index (κ3) is 4.72. The molecule has 0 atom stereocenters. The largest absolute Gasteiger partial charge is 0.493 e. The molecule has 0 aliphatic heterocycles. The SMILES string of the molecule is COc1cc(CNc2ccc(F)cc2)ccc1OCc1cccc(F)c1. The van der Waals surface area contributed by atoms with Crippen LogP contribution in [0.15, 0.2) is 66.7 Å². The van der Waals surface area contributed by atoms with Crippen molar-refractivity contribution >= 4 is 5.69 Å². The molecule has 0 radical (unpaired) electrons. The number of halogens is 2. The van der Waals surface area contributed by atoms with Gasteiger partial charge in [-0.3, -0.25) is 0 Å². The first-order chi connectivity index (χ1) is 12.6. The fourth-order valence-corrected chi connectivity index (χ4v) is 2.50. The van der Waals surface area contributed by atoms with Crippen molar-refractivity contribution < 1.29 is 18.3 Å². The van der Waals surface area contributed by atoms with E-state index in [9.17, 15) is 8.78 Å². The second kappa shape index (κ2) is 8.34. The molecule has 0 aliphatic carbocycles. The molecule has 1 N–H and O–H groups in total. The lowest BCUT2D eigenvalue weighted by Gasteiger charge is -2.13. The molecule has 5 heteroatoms. The Balaban J connectivity index is 1.64. The van der Waals surface area contributed by atoms with Crippen LogP contribution < -0.4 is 14.8 Å². The van der Waals surface area contributed by atoms with E-state index in [4.69, 9.17) is 9.47 Å². The molecule has 0 saturated carbocycles. The van der Waals surface area contributed by atoms with Crippen molar-refractivity contribution in [2.75, 3.05) is 12.4 Å². The van der Waals surface area contributed by atoms with Crippen molar-refractivity contribution in [3.8, 4) is 11.5 Å². The van der Waals surface area contributed by atoms with Crippen LogP contribution in [-0.4, -0.2) is 7.11 Å². The Morgan fingerprint density at radius 3 is 2.35 bits per heavy atom. The van der Waals surface area contributed by atoms with Crippen LogP contribution in [-0.2, 0) is 13.2 Å². The molecular weight excluding hydrogens is 336 g/mol. The number of hydrogen-bond donors (Lipinski definition) is 1. The van der Waals surface area contributed by atoms with Gasteiger partial charge in [0.1, 0.15) is 18.2 Å². The van der Waals surface area contributed by atoms with Gasteiger partial charge >= 0.3 is 0 Å². The number of ether oxygens (including phenoxy) is 2. The van der Waals surface area contributed by atoms with Gasteiger partial charge in [0.2, 0.25) is 0 Å². The van der Waals surface area contributed by atoms with Crippen molar-refractivity contribution in [3.05, 3.63) is 89.5 Å². The van der Waals surface area contributed by atoms with Gasteiger partial charge in [0.05, 0.1) is 7.11 Å². The molecule has 0 aliphatic rings. The smallest absolute Gasteiger partial charge is 0.161 e. The van der Waals surface area contributed by atoms with Gasteiger partial charge in [-0.15, -0.1) is 0 Å². The molecule has 134 valence electrons. The van der Waals surface area contributed by atoms with Crippen LogP contribution in [0.4, 0.5) is 14.5 Å². The summed E-state index contributed by atoms with van der Waals surface area (Å²) in [7, 11) is 1.57. The summed E-state index contributed by atoms with van der Waals surface area (Å²) < 4.78 is 37.3. The van der Waals surface area contributed by atoms with E-state index in [-0.39, 0.29) is 18.2 Å². The number of hydrogen-bond acceptors (Lipinski definition) is 3. The number of benzene rings is 3. The quantitative estimate of drug-likeness (QED) is 0.635. The maximum Gasteiger partial charge on any atom is 0.161 e. The van der Waals surface area contributed by atoms with E-state index in [0.29, 0.717) is 18.0 Å². The minimum Gasteiger partial charge on any atom is -0.493 e. The monoisotopic (exact) mass is 355 g/mol. The van der Waals surface area contributed by atoms with Crippen LogP contribution in [0.1, 0.15) is 11.1 Å². The van der Waals surface area contributed by atoms with Gasteiger partial charge in [-0.25, -0.2) is 8.78 Å². The van der Waals surface area contributed by atoms with Crippen molar-refractivity contribution in [3.63, 3.8) is 0 Å². The highest BCUT2D eigenvalue weighted by atomic mass is 19.1. The zero-order valence-corrected chi connectivity index (χ0v) is 14.3. The van der Waals surface area contributed by atoms with Gasteiger partial charge in [0.25, 0.3) is 0 Å². The third-order valence-electron chi connectivity index (χ3n) is 3.85. The van der Waals surface area contributed by atoms with Crippen LogP contribution in [0.3, 0.4) is 0 Å². The lowest BCUT2D eigenvalue weighted by Crippen LogP contribution is -2.02. The third-order valence-corrected chi connectivity index (χ3v) is 3.85. The second-order valence-corrected chi connectivity index (χ2v) is 5.76. The summed E-state index contributed by atoms with van der Waals surface area (Å²) in [5, 5.41) is 3.22. The average molecular weight is 355 g/mol. The topological polar surface area (TPSA) is 30.5 Å². The summed E-state index contributed by atoms with van der Waals surface area (Å²) in [6.07, 6.45) is 0. The maximum atomic E-state index is 13.2. The molecule has 26 heavy (non-hydrogen) atoms. The first-order valence-electron chi connectivity index (χ1n) is 8.17. The number of methoxy groups -OCH3 is 1. The molecule has 0 spiro atoms. The highest BCUT2D eigenvalue weighted by Gasteiger charge is 2.07. The van der Waals surface area contributed by atoms with E-state index < -0.39 is 0 Å². The van der Waals surface area contributed by atoms with Crippen LogP contribution in [0.25, 0.3) is 0 Å². The van der Waals surface area contributed by atoms with E-state index >= 15 is 0 Å². The van der Waals surface area contributed by atoms with Gasteiger partial charge in [-0.1, -0.05) is 18.2 Å². The summed E-state index contributed by atoms with van der Waals surface area (Å²) in [6.45, 7) is 0.813. The Morgan fingerprint density at radius 1 is 0.808 bits per heavy atom. The first-order valence-corrected chi connectivity index (χ1v) is 8.17. The lowest BCUT2D eigenvalue weighted by molar-refractivity contribution is 0.284. The highest BCUT2D eigenvalue weighted by molar-refractivity contribution is 5.46. The van der Waals surface area contributed by atoms with Gasteiger partial charge in [0, 0.05) is 12.2 Å². The first kappa shape index (κ1) is 17.7. The fourth-order valence-electron chi connectivity index (χ4n) is 2.50. The van der Waals surface area contributed by atoms with E-state index in [0.717, 1.165) is 16.8 Å². The summed E-state index contributed by atoms with van der Waals surface area (Å²) in [4.78, 5) is 0. The van der Waals surface area contributed by atoms with E-state index in [1.807, 2.05) is 18.2 Å². The number of nitrogens with one attached hydrogen (secondary N) is 1. The molecule has 0 amide bonds. The summed E-state index contributed by atoms with van der Waals surface area (Å²) in [5.41, 5.74) is 2.56. The van der Waals surface area contributed by atoms with Gasteiger partial charge in [-0.05, 0) is 59.7 Å². The molecule has 3 nitrogen and oxygen atoms in total. The molecule has 0 saturated heterocycles. The Morgan fingerprint density at radius 2 is 1.62 bits per heavy atom. The van der Waals surface area contributed by atoms with E-state index in [1.54, 1.807) is 31.4 Å². The molecule has 3 aromatic rings. The molecule has 0 bridgehead atoms. The average Bonchev–Trinajstić information content (AvgIpc) is 2.66. The minimum absolute atomic E-state index is 0.251. The number of anilines is 1. The summed E-state index contributed by atoms with van der Waals surface area (Å²) in [5.74, 6) is 0.624. The Hall–Kier alpha value is -3.08. The fraction of sp³-hybridized carbons (Fsp3) is 0.143. The Labute approximate surface area is 151 Å². The minimum atomic E-state index is -0.291. The standard InChI is InChI=1S/C21H19F2NO2/c1-25-21-12-15(13-24-19-8-6-17(22)7-9-19)5-10-20(21)26-14-16-3-2-4-18(23)11-16/h2-12,24H,13-14H2,1H3. The zero-order chi connectivity index (χ0) is 18.4. The van der Waals surface area contributed by atoms with Crippen LogP contribution in [0, 0.1) is 11.6 Å². The van der Waals surface area contributed by atoms with Crippen molar-refractivity contribution in [1.29, 1.82) is 0 Å². The predicted molar refractivity (Wildman–Crippen MR) is 97.5 cm³/mol.